The van der Waals surface area contributed by atoms with Gasteiger partial charge in [-0.15, -0.1) is 0 Å². The first-order valence-corrected chi connectivity index (χ1v) is 9.94. The summed E-state index contributed by atoms with van der Waals surface area (Å²) in [5, 5.41) is 0.616. The van der Waals surface area contributed by atoms with E-state index in [0.29, 0.717) is 23.1 Å². The van der Waals surface area contributed by atoms with Crippen molar-refractivity contribution in [3.05, 3.63) is 54.1 Å². The van der Waals surface area contributed by atoms with Crippen molar-refractivity contribution in [1.29, 1.82) is 0 Å². The zero-order chi connectivity index (χ0) is 18.2. The molecule has 3 rings (SSSR count). The molecule has 1 aliphatic rings. The first-order chi connectivity index (χ1) is 11.8. The number of nitrogens with zero attached hydrogens (tertiary/aromatic N) is 2. The molecule has 0 bridgehead atoms. The highest BCUT2D eigenvalue weighted by atomic mass is 79.9. The monoisotopic (exact) mass is 434 g/mol. The van der Waals surface area contributed by atoms with Crippen molar-refractivity contribution < 1.29 is 21.6 Å². The summed E-state index contributed by atoms with van der Waals surface area (Å²) in [7, 11) is -4.00. The van der Waals surface area contributed by atoms with E-state index >= 15 is 0 Å². The average molecular weight is 435 g/mol. The molecule has 0 amide bonds. The first kappa shape index (κ1) is 18.1. The molecule has 0 saturated carbocycles. The number of hydrogen-bond donors (Lipinski definition) is 0. The van der Waals surface area contributed by atoms with E-state index in [1.54, 1.807) is 24.3 Å². The van der Waals surface area contributed by atoms with E-state index in [0.717, 1.165) is 16.4 Å². The Morgan fingerprint density at radius 3 is 2.32 bits per heavy atom. The molecule has 0 atom stereocenters. The molecule has 0 aromatic heterocycles. The molecule has 1 heterocycles. The molecule has 2 aromatic rings. The maximum Gasteiger partial charge on any atom is 0.416 e. The van der Waals surface area contributed by atoms with E-state index in [9.17, 15) is 21.6 Å². The summed E-state index contributed by atoms with van der Waals surface area (Å²) < 4.78 is 67.1. The van der Waals surface area contributed by atoms with Gasteiger partial charge in [0.25, 0.3) is 0 Å². The lowest BCUT2D eigenvalue weighted by Gasteiger charge is -2.22. The summed E-state index contributed by atoms with van der Waals surface area (Å²) in [6.45, 7) is 0.236. The fraction of sp³-hybridized carbons (Fsp3) is 0.250. The third-order valence-corrected chi connectivity index (χ3v) is 6.15. The molecule has 0 radical (unpaired) electrons. The maximum absolute atomic E-state index is 13.0. The standard InChI is InChI=1S/C16H14BrF3N2O2S/c17-9-4-10-21-14-7-1-2-8-15(14)22(25(21,23)24)13-6-3-5-12(11-13)16(18,19)20/h1-3,5-8,11H,4,9-10H2. The average Bonchev–Trinajstić information content (AvgIpc) is 2.78. The molecule has 4 nitrogen and oxygen atoms in total. The van der Waals surface area contributed by atoms with E-state index < -0.39 is 21.9 Å². The van der Waals surface area contributed by atoms with Gasteiger partial charge in [-0.3, -0.25) is 4.31 Å². The molecule has 9 heteroatoms. The second-order valence-corrected chi connectivity index (χ2v) is 7.92. The van der Waals surface area contributed by atoms with Crippen LogP contribution >= 0.6 is 15.9 Å². The molecule has 1 aliphatic heterocycles. The number of para-hydroxylation sites is 2. The minimum atomic E-state index is -4.55. The zero-order valence-electron chi connectivity index (χ0n) is 12.9. The second kappa shape index (κ2) is 6.53. The van der Waals surface area contributed by atoms with Crippen LogP contribution in [0.2, 0.25) is 0 Å². The lowest BCUT2D eigenvalue weighted by molar-refractivity contribution is -0.137. The van der Waals surface area contributed by atoms with Crippen molar-refractivity contribution in [2.45, 2.75) is 12.6 Å². The minimum Gasteiger partial charge on any atom is -0.251 e. The lowest BCUT2D eigenvalue weighted by Crippen LogP contribution is -2.36. The Morgan fingerprint density at radius 1 is 1.00 bits per heavy atom. The van der Waals surface area contributed by atoms with Crippen LogP contribution in [-0.4, -0.2) is 20.3 Å². The van der Waals surface area contributed by atoms with Crippen LogP contribution in [0, 0.1) is 0 Å². The van der Waals surface area contributed by atoms with Crippen molar-refractivity contribution in [2.24, 2.45) is 0 Å². The summed E-state index contributed by atoms with van der Waals surface area (Å²) in [4.78, 5) is 0. The van der Waals surface area contributed by atoms with Gasteiger partial charge in [0, 0.05) is 11.9 Å². The normalized spacial score (nSPS) is 16.2. The van der Waals surface area contributed by atoms with Crippen LogP contribution in [0.5, 0.6) is 0 Å². The summed E-state index contributed by atoms with van der Waals surface area (Å²) in [6, 6.07) is 10.9. The van der Waals surface area contributed by atoms with Crippen molar-refractivity contribution >= 4 is 43.2 Å². The highest BCUT2D eigenvalue weighted by Gasteiger charge is 2.41. The summed E-state index contributed by atoms with van der Waals surface area (Å²) in [5.74, 6) is 0. The highest BCUT2D eigenvalue weighted by Crippen LogP contribution is 2.46. The first-order valence-electron chi connectivity index (χ1n) is 7.42. The van der Waals surface area contributed by atoms with Gasteiger partial charge in [0.1, 0.15) is 0 Å². The van der Waals surface area contributed by atoms with Crippen LogP contribution in [0.4, 0.5) is 30.2 Å². The van der Waals surface area contributed by atoms with Crippen LogP contribution in [0.15, 0.2) is 48.5 Å². The number of hydrogen-bond acceptors (Lipinski definition) is 2. The Bertz CT molecular complexity index is 887. The number of benzene rings is 2. The Labute approximate surface area is 152 Å². The Kier molecular flexibility index (Phi) is 4.72. The largest absolute Gasteiger partial charge is 0.416 e. The van der Waals surface area contributed by atoms with Gasteiger partial charge in [0.2, 0.25) is 0 Å². The molecule has 25 heavy (non-hydrogen) atoms. The molecule has 0 fully saturated rings. The molecule has 0 unspecified atom stereocenters. The Morgan fingerprint density at radius 2 is 1.68 bits per heavy atom. The van der Waals surface area contributed by atoms with E-state index in [1.165, 1.54) is 16.4 Å². The van der Waals surface area contributed by atoms with E-state index in [1.807, 2.05) is 0 Å². The summed E-state index contributed by atoms with van der Waals surface area (Å²) in [6.07, 6.45) is -3.97. The van der Waals surface area contributed by atoms with E-state index in [2.05, 4.69) is 15.9 Å². The number of rotatable bonds is 4. The van der Waals surface area contributed by atoms with Gasteiger partial charge in [-0.05, 0) is 36.8 Å². The molecule has 0 N–H and O–H groups in total. The van der Waals surface area contributed by atoms with E-state index in [4.69, 9.17) is 0 Å². The van der Waals surface area contributed by atoms with Crippen LogP contribution < -0.4 is 8.61 Å². The van der Waals surface area contributed by atoms with Crippen molar-refractivity contribution in [1.82, 2.24) is 0 Å². The second-order valence-electron chi connectivity index (χ2n) is 5.42. The predicted octanol–water partition coefficient (Wildman–Crippen LogP) is 4.69. The van der Waals surface area contributed by atoms with Gasteiger partial charge >= 0.3 is 16.4 Å². The van der Waals surface area contributed by atoms with Gasteiger partial charge in [-0.2, -0.15) is 21.6 Å². The smallest absolute Gasteiger partial charge is 0.251 e. The van der Waals surface area contributed by atoms with Gasteiger partial charge < -0.3 is 0 Å². The fourth-order valence-electron chi connectivity index (χ4n) is 2.71. The Balaban J connectivity index is 2.13. The van der Waals surface area contributed by atoms with Crippen LogP contribution in [0.3, 0.4) is 0 Å². The van der Waals surface area contributed by atoms with Gasteiger partial charge in [0.05, 0.1) is 22.6 Å². The topological polar surface area (TPSA) is 40.6 Å². The molecular weight excluding hydrogens is 421 g/mol. The number of anilines is 3. The number of fused-ring (bicyclic) bond motifs is 1. The van der Waals surface area contributed by atoms with Crippen LogP contribution in [-0.2, 0) is 16.4 Å². The lowest BCUT2D eigenvalue weighted by atomic mass is 10.2. The molecule has 2 aromatic carbocycles. The molecule has 0 aliphatic carbocycles. The molecule has 0 saturated heterocycles. The molecule has 0 spiro atoms. The van der Waals surface area contributed by atoms with Gasteiger partial charge in [-0.1, -0.05) is 34.1 Å². The highest BCUT2D eigenvalue weighted by molar-refractivity contribution is 9.09. The van der Waals surface area contributed by atoms with Crippen LogP contribution in [0.1, 0.15) is 12.0 Å². The van der Waals surface area contributed by atoms with E-state index in [-0.39, 0.29) is 12.2 Å². The third-order valence-electron chi connectivity index (χ3n) is 3.78. The summed E-state index contributed by atoms with van der Waals surface area (Å²) >= 11 is 3.27. The third kappa shape index (κ3) is 3.22. The predicted molar refractivity (Wildman–Crippen MR) is 94.7 cm³/mol. The zero-order valence-corrected chi connectivity index (χ0v) is 15.3. The van der Waals surface area contributed by atoms with Gasteiger partial charge in [0.15, 0.2) is 0 Å². The molecule has 134 valence electrons. The minimum absolute atomic E-state index is 0.0383. The Hall–Kier alpha value is -1.74. The van der Waals surface area contributed by atoms with Crippen molar-refractivity contribution in [3.8, 4) is 0 Å². The SMILES string of the molecule is O=S1(=O)N(CCCBr)c2ccccc2N1c1cccc(C(F)(F)F)c1. The van der Waals surface area contributed by atoms with Crippen molar-refractivity contribution in [2.75, 3.05) is 20.5 Å². The summed E-state index contributed by atoms with van der Waals surface area (Å²) in [5.41, 5.74) is -0.127. The van der Waals surface area contributed by atoms with Crippen molar-refractivity contribution in [3.63, 3.8) is 0 Å². The maximum atomic E-state index is 13.0. The quantitative estimate of drug-likeness (QED) is 0.654. The number of halogens is 4. The van der Waals surface area contributed by atoms with Gasteiger partial charge in [-0.25, -0.2) is 4.31 Å². The number of alkyl halides is 4. The molecular formula is C16H14BrF3N2O2S. The fourth-order valence-corrected chi connectivity index (χ4v) is 4.71. The van der Waals surface area contributed by atoms with Crippen LogP contribution in [0.25, 0.3) is 0 Å².